The van der Waals surface area contributed by atoms with Gasteiger partial charge in [-0.2, -0.15) is 0 Å². The minimum atomic E-state index is -4.71. The second kappa shape index (κ2) is 7.11. The third kappa shape index (κ3) is 4.51. The number of hydrogen-bond donors (Lipinski definition) is 2. The van der Waals surface area contributed by atoms with Crippen molar-refractivity contribution in [3.63, 3.8) is 0 Å². The predicted molar refractivity (Wildman–Crippen MR) is 91.9 cm³/mol. The lowest BCUT2D eigenvalue weighted by Gasteiger charge is -2.27. The van der Waals surface area contributed by atoms with Crippen LogP contribution in [0.1, 0.15) is 30.0 Å². The van der Waals surface area contributed by atoms with Crippen LogP contribution in [0.15, 0.2) is 52.2 Å². The van der Waals surface area contributed by atoms with Crippen molar-refractivity contribution in [3.05, 3.63) is 59.1 Å². The van der Waals surface area contributed by atoms with Gasteiger partial charge in [0.1, 0.15) is 11.3 Å². The number of aromatic carboxylic acids is 1. The van der Waals surface area contributed by atoms with Gasteiger partial charge >= 0.3 is 12.3 Å². The maximum Gasteiger partial charge on any atom is 0.573 e. The van der Waals surface area contributed by atoms with Gasteiger partial charge in [-0.25, -0.2) is 4.79 Å². The van der Waals surface area contributed by atoms with Crippen LogP contribution in [0.25, 0.3) is 11.0 Å². The van der Waals surface area contributed by atoms with Crippen molar-refractivity contribution in [1.29, 1.82) is 0 Å². The van der Waals surface area contributed by atoms with Crippen LogP contribution in [0.2, 0.25) is 0 Å². The maximum atomic E-state index is 12.4. The molecule has 2 N–H and O–H groups in total. The molecule has 0 saturated heterocycles. The number of hydrogen-bond acceptors (Lipinski definition) is 4. The van der Waals surface area contributed by atoms with Crippen LogP contribution in [-0.4, -0.2) is 23.5 Å². The number of rotatable bonds is 5. The third-order valence-corrected chi connectivity index (χ3v) is 4.36. The number of allylic oxidation sites excluding steroid dienone is 1. The molecule has 0 amide bonds. The summed E-state index contributed by atoms with van der Waals surface area (Å²) < 4.78 is 46.6. The molecule has 27 heavy (non-hydrogen) atoms. The van der Waals surface area contributed by atoms with Crippen molar-refractivity contribution >= 4 is 16.9 Å². The molecule has 1 aromatic heterocycles. The van der Waals surface area contributed by atoms with E-state index in [4.69, 9.17) is 9.52 Å². The zero-order valence-corrected chi connectivity index (χ0v) is 14.6. The van der Waals surface area contributed by atoms with E-state index in [9.17, 15) is 18.0 Å². The van der Waals surface area contributed by atoms with Crippen LogP contribution in [0.5, 0.6) is 0 Å². The molecule has 1 aliphatic carbocycles. The van der Waals surface area contributed by atoms with E-state index in [-0.39, 0.29) is 23.5 Å². The first-order chi connectivity index (χ1) is 12.6. The molecule has 2 atom stereocenters. The standard InChI is InChI=1S/C19H18F3NO4/c1-10-6-15(27-19(20,21)22)11(2)5-14(10)23-9-12-3-4-13-8-17(18(24)25)26-16(13)7-12/h3-8,10,14,23H,9H2,1-2H3,(H,24,25). The van der Waals surface area contributed by atoms with Gasteiger partial charge < -0.3 is 19.6 Å². The Hall–Kier alpha value is -2.74. The van der Waals surface area contributed by atoms with Crippen molar-refractivity contribution in [2.45, 2.75) is 32.8 Å². The summed E-state index contributed by atoms with van der Waals surface area (Å²) in [5.74, 6) is -1.63. The molecule has 3 rings (SSSR count). The highest BCUT2D eigenvalue weighted by molar-refractivity contribution is 5.91. The number of carboxylic acid groups (broad SMARTS) is 1. The Labute approximate surface area is 153 Å². The van der Waals surface area contributed by atoms with Crippen LogP contribution in [-0.2, 0) is 11.3 Å². The first kappa shape index (κ1) is 19.0. The number of nitrogens with one attached hydrogen (secondary N) is 1. The van der Waals surface area contributed by atoms with Gasteiger partial charge in [0.25, 0.3) is 0 Å². The van der Waals surface area contributed by atoms with Crippen molar-refractivity contribution < 1.29 is 32.2 Å². The number of carboxylic acids is 1. The summed E-state index contributed by atoms with van der Waals surface area (Å²) in [4.78, 5) is 11.0. The molecule has 5 nitrogen and oxygen atoms in total. The molecule has 0 radical (unpaired) electrons. The van der Waals surface area contributed by atoms with Crippen LogP contribution < -0.4 is 5.32 Å². The Kier molecular flexibility index (Phi) is 5.01. The van der Waals surface area contributed by atoms with Gasteiger partial charge in [-0.3, -0.25) is 0 Å². The highest BCUT2D eigenvalue weighted by atomic mass is 19.4. The van der Waals surface area contributed by atoms with Gasteiger partial charge in [-0.15, -0.1) is 13.2 Å². The van der Waals surface area contributed by atoms with E-state index in [1.807, 2.05) is 6.07 Å². The number of halogens is 3. The second-order valence-corrected chi connectivity index (χ2v) is 6.48. The van der Waals surface area contributed by atoms with Crippen LogP contribution in [0, 0.1) is 5.92 Å². The largest absolute Gasteiger partial charge is 0.573 e. The Morgan fingerprint density at radius 2 is 2.04 bits per heavy atom. The Morgan fingerprint density at radius 3 is 2.70 bits per heavy atom. The molecule has 1 aliphatic rings. The van der Waals surface area contributed by atoms with Crippen molar-refractivity contribution in [2.24, 2.45) is 5.92 Å². The molecule has 2 aromatic rings. The van der Waals surface area contributed by atoms with Crippen LogP contribution >= 0.6 is 0 Å². The van der Waals surface area contributed by atoms with E-state index in [1.54, 1.807) is 32.1 Å². The molecule has 0 saturated carbocycles. The Bertz CT molecular complexity index is 927. The summed E-state index contributed by atoms with van der Waals surface area (Å²) in [5, 5.41) is 12.9. The molecule has 2 unspecified atom stereocenters. The van der Waals surface area contributed by atoms with Gasteiger partial charge in [0, 0.05) is 18.0 Å². The molecule has 1 heterocycles. The number of carbonyl (C=O) groups is 1. The molecule has 0 spiro atoms. The fraction of sp³-hybridized carbons (Fsp3) is 0.316. The van der Waals surface area contributed by atoms with E-state index < -0.39 is 12.3 Å². The summed E-state index contributed by atoms with van der Waals surface area (Å²) >= 11 is 0. The average molecular weight is 381 g/mol. The lowest BCUT2D eigenvalue weighted by atomic mass is 9.92. The average Bonchev–Trinajstić information content (AvgIpc) is 2.99. The van der Waals surface area contributed by atoms with Gasteiger partial charge in [0.2, 0.25) is 5.76 Å². The van der Waals surface area contributed by atoms with E-state index in [0.717, 1.165) is 5.56 Å². The SMILES string of the molecule is CC1=CC(NCc2ccc3cc(C(=O)O)oc3c2)C(C)C=C1OC(F)(F)F. The van der Waals surface area contributed by atoms with E-state index in [2.05, 4.69) is 10.1 Å². The number of furan rings is 1. The topological polar surface area (TPSA) is 71.7 Å². The highest BCUT2D eigenvalue weighted by Crippen LogP contribution is 2.30. The Balaban J connectivity index is 1.68. The predicted octanol–water partition coefficient (Wildman–Crippen LogP) is 4.61. The van der Waals surface area contributed by atoms with Crippen molar-refractivity contribution in [1.82, 2.24) is 5.32 Å². The summed E-state index contributed by atoms with van der Waals surface area (Å²) in [6.45, 7) is 3.82. The lowest BCUT2D eigenvalue weighted by Crippen LogP contribution is -2.34. The first-order valence-corrected chi connectivity index (χ1v) is 8.28. The molecule has 144 valence electrons. The lowest BCUT2D eigenvalue weighted by molar-refractivity contribution is -0.304. The van der Waals surface area contributed by atoms with Gasteiger partial charge in [0.15, 0.2) is 0 Å². The summed E-state index contributed by atoms with van der Waals surface area (Å²) in [6.07, 6.45) is -1.55. The van der Waals surface area contributed by atoms with E-state index in [0.29, 0.717) is 23.1 Å². The molecular formula is C19H18F3NO4. The zero-order chi connectivity index (χ0) is 19.8. The summed E-state index contributed by atoms with van der Waals surface area (Å²) in [7, 11) is 0. The van der Waals surface area contributed by atoms with Gasteiger partial charge in [-0.05, 0) is 42.2 Å². The smallest absolute Gasteiger partial charge is 0.475 e. The number of benzene rings is 1. The third-order valence-electron chi connectivity index (χ3n) is 4.36. The van der Waals surface area contributed by atoms with E-state index in [1.165, 1.54) is 12.1 Å². The minimum absolute atomic E-state index is 0.128. The van der Waals surface area contributed by atoms with E-state index >= 15 is 0 Å². The molecule has 0 bridgehead atoms. The monoisotopic (exact) mass is 381 g/mol. The summed E-state index contributed by atoms with van der Waals surface area (Å²) in [5.41, 5.74) is 1.75. The zero-order valence-electron chi connectivity index (χ0n) is 14.6. The fourth-order valence-corrected chi connectivity index (χ4v) is 2.99. The molecule has 8 heteroatoms. The number of fused-ring (bicyclic) bond motifs is 1. The van der Waals surface area contributed by atoms with Crippen LogP contribution in [0.3, 0.4) is 0 Å². The quantitative estimate of drug-likeness (QED) is 0.792. The molecule has 1 aromatic carbocycles. The van der Waals surface area contributed by atoms with Crippen molar-refractivity contribution in [2.75, 3.05) is 0 Å². The number of alkyl halides is 3. The molecule has 0 aliphatic heterocycles. The fourth-order valence-electron chi connectivity index (χ4n) is 2.99. The number of ether oxygens (including phenoxy) is 1. The molecular weight excluding hydrogens is 363 g/mol. The Morgan fingerprint density at radius 1 is 1.30 bits per heavy atom. The minimum Gasteiger partial charge on any atom is -0.475 e. The summed E-state index contributed by atoms with van der Waals surface area (Å²) in [6, 6.07) is 6.65. The maximum absolute atomic E-state index is 12.4. The molecule has 0 fully saturated rings. The normalized spacial score (nSPS) is 20.3. The first-order valence-electron chi connectivity index (χ1n) is 8.28. The van der Waals surface area contributed by atoms with Crippen LogP contribution in [0.4, 0.5) is 13.2 Å². The van der Waals surface area contributed by atoms with Gasteiger partial charge in [0.05, 0.1) is 0 Å². The highest BCUT2D eigenvalue weighted by Gasteiger charge is 2.34. The van der Waals surface area contributed by atoms with Crippen molar-refractivity contribution in [3.8, 4) is 0 Å². The second-order valence-electron chi connectivity index (χ2n) is 6.48. The van der Waals surface area contributed by atoms with Gasteiger partial charge in [-0.1, -0.05) is 25.1 Å².